The Morgan fingerprint density at radius 2 is 1.46 bits per heavy atom. The molecule has 0 heterocycles. The topological polar surface area (TPSA) is 92.8 Å². The van der Waals surface area contributed by atoms with E-state index in [1.54, 1.807) is 32.0 Å². The van der Waals surface area contributed by atoms with Crippen molar-refractivity contribution in [3.63, 3.8) is 0 Å². The van der Waals surface area contributed by atoms with Crippen molar-refractivity contribution < 1.29 is 32.9 Å². The smallest absolute Gasteiger partial charge is 0.416 e. The molecule has 0 saturated carbocycles. The van der Waals surface area contributed by atoms with Gasteiger partial charge < -0.3 is 20.7 Å². The van der Waals surface area contributed by atoms with Gasteiger partial charge in [0.1, 0.15) is 0 Å². The summed E-state index contributed by atoms with van der Waals surface area (Å²) in [4.78, 5) is 11.8. The van der Waals surface area contributed by atoms with E-state index < -0.39 is 28.8 Å². The second-order valence-corrected chi connectivity index (χ2v) is 6.78. The van der Waals surface area contributed by atoms with Crippen molar-refractivity contribution in [2.45, 2.75) is 31.2 Å². The normalized spacial score (nSPS) is 13.9. The molecule has 0 bridgehead atoms. The number of halogens is 3. The number of hydrogen-bond acceptors (Lipinski definition) is 4. The van der Waals surface area contributed by atoms with Crippen LogP contribution < -0.4 is 5.73 Å². The summed E-state index contributed by atoms with van der Waals surface area (Å²) in [6.45, 7) is 3.59. The van der Waals surface area contributed by atoms with E-state index >= 15 is 0 Å². The summed E-state index contributed by atoms with van der Waals surface area (Å²) >= 11 is 0. The SMILES string of the molecule is CC(C)(N)CO.COC(C(=O)O)(c1ccccc1)c1cccc(C(F)(F)F)c1. The molecule has 0 spiro atoms. The summed E-state index contributed by atoms with van der Waals surface area (Å²) in [6.07, 6.45) is -4.56. The number of aliphatic hydroxyl groups is 1. The monoisotopic (exact) mass is 399 g/mol. The maximum atomic E-state index is 12.9. The van der Waals surface area contributed by atoms with Crippen LogP contribution in [0.15, 0.2) is 54.6 Å². The summed E-state index contributed by atoms with van der Waals surface area (Å²) in [5, 5.41) is 17.9. The highest BCUT2D eigenvalue weighted by Crippen LogP contribution is 2.37. The second kappa shape index (κ2) is 9.18. The molecule has 1 unspecified atom stereocenters. The zero-order valence-electron chi connectivity index (χ0n) is 15.8. The Hall–Kier alpha value is -2.42. The van der Waals surface area contributed by atoms with E-state index in [2.05, 4.69) is 0 Å². The minimum atomic E-state index is -4.56. The highest BCUT2D eigenvalue weighted by atomic mass is 19.4. The third-order valence-electron chi connectivity index (χ3n) is 3.79. The Bertz CT molecular complexity index is 773. The fraction of sp³-hybridized carbons (Fsp3) is 0.350. The number of alkyl halides is 3. The highest BCUT2D eigenvalue weighted by Gasteiger charge is 2.44. The fourth-order valence-corrected chi connectivity index (χ4v) is 2.32. The maximum Gasteiger partial charge on any atom is 0.416 e. The lowest BCUT2D eigenvalue weighted by Crippen LogP contribution is -2.39. The van der Waals surface area contributed by atoms with Crippen LogP contribution in [0.1, 0.15) is 30.5 Å². The van der Waals surface area contributed by atoms with E-state index in [4.69, 9.17) is 15.6 Å². The van der Waals surface area contributed by atoms with Gasteiger partial charge in [-0.05, 0) is 31.5 Å². The van der Waals surface area contributed by atoms with Gasteiger partial charge >= 0.3 is 12.1 Å². The van der Waals surface area contributed by atoms with Crippen molar-refractivity contribution in [3.8, 4) is 0 Å². The molecular formula is C20H24F3NO4. The molecule has 8 heteroatoms. The number of benzene rings is 2. The van der Waals surface area contributed by atoms with Crippen LogP contribution in [0.5, 0.6) is 0 Å². The predicted octanol–water partition coefficient (Wildman–Crippen LogP) is 3.40. The van der Waals surface area contributed by atoms with Gasteiger partial charge in [0.15, 0.2) is 0 Å². The van der Waals surface area contributed by atoms with Crippen molar-refractivity contribution >= 4 is 5.97 Å². The van der Waals surface area contributed by atoms with Gasteiger partial charge in [0, 0.05) is 18.2 Å². The first-order valence-electron chi connectivity index (χ1n) is 8.30. The predicted molar refractivity (Wildman–Crippen MR) is 98.7 cm³/mol. The number of carbonyl (C=O) groups is 1. The minimum absolute atomic E-state index is 0.0486. The van der Waals surface area contributed by atoms with E-state index in [1.807, 2.05) is 0 Å². The lowest BCUT2D eigenvalue weighted by Gasteiger charge is -2.29. The lowest BCUT2D eigenvalue weighted by atomic mass is 9.85. The van der Waals surface area contributed by atoms with Crippen LogP contribution in [-0.4, -0.2) is 35.4 Å². The van der Waals surface area contributed by atoms with E-state index in [1.165, 1.54) is 18.2 Å². The molecule has 5 nitrogen and oxygen atoms in total. The van der Waals surface area contributed by atoms with Crippen LogP contribution in [0, 0.1) is 0 Å². The van der Waals surface area contributed by atoms with Gasteiger partial charge in [-0.15, -0.1) is 0 Å². The Morgan fingerprint density at radius 1 is 1.00 bits per heavy atom. The molecule has 2 aromatic carbocycles. The van der Waals surface area contributed by atoms with Gasteiger partial charge in [-0.25, -0.2) is 4.79 Å². The number of aliphatic carboxylic acids is 1. The molecule has 0 amide bonds. The number of nitrogens with two attached hydrogens (primary N) is 1. The van der Waals surface area contributed by atoms with Gasteiger partial charge in [0.2, 0.25) is 5.60 Å². The average molecular weight is 399 g/mol. The van der Waals surface area contributed by atoms with Gasteiger partial charge in [-0.1, -0.05) is 42.5 Å². The Morgan fingerprint density at radius 3 is 1.86 bits per heavy atom. The first kappa shape index (κ1) is 23.6. The van der Waals surface area contributed by atoms with Crippen LogP contribution >= 0.6 is 0 Å². The van der Waals surface area contributed by atoms with Crippen molar-refractivity contribution in [3.05, 3.63) is 71.3 Å². The molecule has 0 aliphatic rings. The Labute approximate surface area is 161 Å². The molecule has 0 radical (unpaired) electrons. The van der Waals surface area contributed by atoms with Gasteiger partial charge in [0.05, 0.1) is 12.2 Å². The lowest BCUT2D eigenvalue weighted by molar-refractivity contribution is -0.158. The molecule has 0 aliphatic heterocycles. The Kier molecular flexibility index (Phi) is 7.75. The highest BCUT2D eigenvalue weighted by molar-refractivity contribution is 5.84. The van der Waals surface area contributed by atoms with E-state index in [9.17, 15) is 23.1 Å². The van der Waals surface area contributed by atoms with Crippen molar-refractivity contribution in [2.75, 3.05) is 13.7 Å². The number of rotatable bonds is 5. The zero-order chi connectivity index (χ0) is 21.6. The largest absolute Gasteiger partial charge is 0.479 e. The second-order valence-electron chi connectivity index (χ2n) is 6.78. The van der Waals surface area contributed by atoms with Crippen LogP contribution in [0.3, 0.4) is 0 Å². The van der Waals surface area contributed by atoms with Gasteiger partial charge in [0.25, 0.3) is 0 Å². The van der Waals surface area contributed by atoms with Gasteiger partial charge in [-0.3, -0.25) is 0 Å². The third kappa shape index (κ3) is 5.79. The van der Waals surface area contributed by atoms with Crippen LogP contribution in [-0.2, 0) is 21.3 Å². The molecule has 2 aromatic rings. The molecule has 2 rings (SSSR count). The van der Waals surface area contributed by atoms with Crippen LogP contribution in [0.2, 0.25) is 0 Å². The van der Waals surface area contributed by atoms with Crippen molar-refractivity contribution in [2.24, 2.45) is 5.73 Å². The summed E-state index contributed by atoms with van der Waals surface area (Å²) in [5.41, 5.74) is 2.10. The summed E-state index contributed by atoms with van der Waals surface area (Å²) in [5.74, 6) is -1.39. The molecule has 154 valence electrons. The summed E-state index contributed by atoms with van der Waals surface area (Å²) in [6, 6.07) is 12.0. The number of hydrogen-bond donors (Lipinski definition) is 3. The number of aliphatic hydroxyl groups excluding tert-OH is 1. The van der Waals surface area contributed by atoms with Crippen molar-refractivity contribution in [1.82, 2.24) is 0 Å². The molecular weight excluding hydrogens is 375 g/mol. The standard InChI is InChI=1S/C16H13F3O3.C4H11NO/c1-22-15(14(20)21,11-6-3-2-4-7-11)12-8-5-9-13(10-12)16(17,18)19;1-4(2,5)3-6/h2-10H,1H3,(H,20,21);6H,3,5H2,1-2H3. The maximum absolute atomic E-state index is 12.9. The fourth-order valence-electron chi connectivity index (χ4n) is 2.32. The molecule has 0 aliphatic carbocycles. The van der Waals surface area contributed by atoms with E-state index in [-0.39, 0.29) is 17.7 Å². The number of ether oxygens (including phenoxy) is 1. The molecule has 4 N–H and O–H groups in total. The number of carboxylic acid groups (broad SMARTS) is 1. The number of carboxylic acids is 1. The molecule has 0 fully saturated rings. The Balaban J connectivity index is 0.000000568. The first-order chi connectivity index (χ1) is 12.9. The first-order valence-corrected chi connectivity index (χ1v) is 8.30. The minimum Gasteiger partial charge on any atom is -0.479 e. The molecule has 0 saturated heterocycles. The third-order valence-corrected chi connectivity index (χ3v) is 3.79. The summed E-state index contributed by atoms with van der Waals surface area (Å²) in [7, 11) is 1.15. The van der Waals surface area contributed by atoms with Crippen LogP contribution in [0.25, 0.3) is 0 Å². The van der Waals surface area contributed by atoms with E-state index in [0.717, 1.165) is 25.3 Å². The van der Waals surface area contributed by atoms with Crippen molar-refractivity contribution in [1.29, 1.82) is 0 Å². The quantitative estimate of drug-likeness (QED) is 0.717. The molecule has 1 atom stereocenters. The molecule has 28 heavy (non-hydrogen) atoms. The van der Waals surface area contributed by atoms with E-state index in [0.29, 0.717) is 0 Å². The zero-order valence-corrected chi connectivity index (χ0v) is 15.8. The molecule has 0 aromatic heterocycles. The van der Waals surface area contributed by atoms with Crippen LogP contribution in [0.4, 0.5) is 13.2 Å². The van der Waals surface area contributed by atoms with Gasteiger partial charge in [-0.2, -0.15) is 13.2 Å². The summed E-state index contributed by atoms with van der Waals surface area (Å²) < 4.78 is 43.8. The number of methoxy groups -OCH3 is 1. The average Bonchev–Trinajstić information content (AvgIpc) is 2.63.